The van der Waals surface area contributed by atoms with Crippen molar-refractivity contribution in [1.82, 2.24) is 4.90 Å². The minimum absolute atomic E-state index is 0.100. The SMILES string of the molecule is CCN1C(=O)/C(=C2\SC(=S)N([C@H](C)C(=O)[O-])C2=O)c2cc(Br)ccc21. The first-order valence-electron chi connectivity index (χ1n) is 7.40. The Kier molecular flexibility index (Phi) is 4.74. The van der Waals surface area contributed by atoms with Crippen LogP contribution in [0.1, 0.15) is 19.4 Å². The van der Waals surface area contributed by atoms with Gasteiger partial charge in [-0.2, -0.15) is 0 Å². The number of hydrogen-bond donors (Lipinski definition) is 0. The Bertz CT molecular complexity index is 868. The molecule has 0 bridgehead atoms. The van der Waals surface area contributed by atoms with Crippen molar-refractivity contribution in [2.24, 2.45) is 0 Å². The van der Waals surface area contributed by atoms with E-state index in [9.17, 15) is 19.5 Å². The van der Waals surface area contributed by atoms with Crippen molar-refractivity contribution in [3.05, 3.63) is 33.1 Å². The monoisotopic (exact) mass is 439 g/mol. The molecule has 6 nitrogen and oxygen atoms in total. The maximum Gasteiger partial charge on any atom is 0.267 e. The van der Waals surface area contributed by atoms with Gasteiger partial charge in [0.1, 0.15) is 4.32 Å². The Hall–Kier alpha value is -1.71. The van der Waals surface area contributed by atoms with E-state index in [1.165, 1.54) is 6.92 Å². The molecule has 0 spiro atoms. The van der Waals surface area contributed by atoms with Gasteiger partial charge in [0.25, 0.3) is 11.8 Å². The van der Waals surface area contributed by atoms with Gasteiger partial charge in [0.2, 0.25) is 0 Å². The molecule has 2 aliphatic rings. The lowest BCUT2D eigenvalue weighted by Crippen LogP contribution is -2.48. The lowest BCUT2D eigenvalue weighted by atomic mass is 10.1. The Morgan fingerprint density at radius 3 is 2.64 bits per heavy atom. The van der Waals surface area contributed by atoms with E-state index in [0.29, 0.717) is 17.8 Å². The van der Waals surface area contributed by atoms with Crippen LogP contribution in [-0.4, -0.2) is 39.6 Å². The zero-order valence-corrected chi connectivity index (χ0v) is 16.5. The van der Waals surface area contributed by atoms with Crippen molar-refractivity contribution in [3.8, 4) is 0 Å². The molecular weight excluding hydrogens is 428 g/mol. The van der Waals surface area contributed by atoms with E-state index in [0.717, 1.165) is 21.1 Å². The van der Waals surface area contributed by atoms with E-state index < -0.39 is 17.9 Å². The van der Waals surface area contributed by atoms with Gasteiger partial charge in [-0.3, -0.25) is 14.5 Å². The molecule has 0 radical (unpaired) electrons. The average molecular weight is 440 g/mol. The topological polar surface area (TPSA) is 80.8 Å². The third kappa shape index (κ3) is 2.80. The van der Waals surface area contributed by atoms with Crippen LogP contribution in [0.4, 0.5) is 5.69 Å². The van der Waals surface area contributed by atoms with E-state index in [-0.39, 0.29) is 20.7 Å². The van der Waals surface area contributed by atoms with Crippen molar-refractivity contribution in [2.45, 2.75) is 19.9 Å². The van der Waals surface area contributed by atoms with Gasteiger partial charge in [0, 0.05) is 16.6 Å². The number of benzene rings is 1. The highest BCUT2D eigenvalue weighted by atomic mass is 79.9. The van der Waals surface area contributed by atoms with Crippen molar-refractivity contribution < 1.29 is 19.5 Å². The molecule has 130 valence electrons. The minimum Gasteiger partial charge on any atom is -0.548 e. The Morgan fingerprint density at radius 1 is 1.36 bits per heavy atom. The first-order chi connectivity index (χ1) is 11.8. The number of hydrogen-bond acceptors (Lipinski definition) is 6. The average Bonchev–Trinajstić information content (AvgIpc) is 2.98. The molecule has 2 aliphatic heterocycles. The zero-order valence-electron chi connectivity index (χ0n) is 13.2. The smallest absolute Gasteiger partial charge is 0.267 e. The van der Waals surface area contributed by atoms with Crippen LogP contribution in [0.5, 0.6) is 0 Å². The van der Waals surface area contributed by atoms with E-state index in [1.807, 2.05) is 13.0 Å². The lowest BCUT2D eigenvalue weighted by Gasteiger charge is -2.23. The van der Waals surface area contributed by atoms with Crippen LogP contribution in [-0.2, 0) is 14.4 Å². The summed E-state index contributed by atoms with van der Waals surface area (Å²) in [7, 11) is 0. The largest absolute Gasteiger partial charge is 0.548 e. The van der Waals surface area contributed by atoms with E-state index in [4.69, 9.17) is 12.2 Å². The van der Waals surface area contributed by atoms with Crippen LogP contribution in [0.25, 0.3) is 5.57 Å². The van der Waals surface area contributed by atoms with Gasteiger partial charge in [-0.1, -0.05) is 39.9 Å². The number of aliphatic carboxylic acids is 1. The second-order valence-corrected chi connectivity index (χ2v) is 8.01. The van der Waals surface area contributed by atoms with Crippen LogP contribution in [0, 0.1) is 0 Å². The Labute approximate surface area is 162 Å². The summed E-state index contributed by atoms with van der Waals surface area (Å²) in [5, 5.41) is 11.1. The summed E-state index contributed by atoms with van der Waals surface area (Å²) < 4.78 is 0.872. The molecule has 2 amide bonds. The predicted molar refractivity (Wildman–Crippen MR) is 101 cm³/mol. The molecule has 9 heteroatoms. The third-order valence-electron chi connectivity index (χ3n) is 4.05. The highest BCUT2D eigenvalue weighted by Crippen LogP contribution is 2.45. The molecule has 0 aliphatic carbocycles. The molecule has 1 aromatic carbocycles. The Balaban J connectivity index is 2.17. The van der Waals surface area contributed by atoms with Crippen LogP contribution < -0.4 is 10.0 Å². The van der Waals surface area contributed by atoms with E-state index in [2.05, 4.69) is 15.9 Å². The second kappa shape index (κ2) is 6.54. The summed E-state index contributed by atoms with van der Waals surface area (Å²) in [5.41, 5.74) is 1.59. The molecule has 1 saturated heterocycles. The van der Waals surface area contributed by atoms with E-state index in [1.54, 1.807) is 17.0 Å². The van der Waals surface area contributed by atoms with Crippen LogP contribution in [0.2, 0.25) is 0 Å². The van der Waals surface area contributed by atoms with Crippen molar-refractivity contribution in [1.29, 1.82) is 0 Å². The van der Waals surface area contributed by atoms with E-state index >= 15 is 0 Å². The first-order valence-corrected chi connectivity index (χ1v) is 9.42. The number of carboxylic acids is 1. The number of carbonyl (C=O) groups is 3. The summed E-state index contributed by atoms with van der Waals surface area (Å²) in [6, 6.07) is 4.19. The normalized spacial score (nSPS) is 21.2. The van der Waals surface area contributed by atoms with Crippen molar-refractivity contribution >= 4 is 73.3 Å². The Morgan fingerprint density at radius 2 is 2.04 bits per heavy atom. The third-order valence-corrected chi connectivity index (χ3v) is 5.94. The standard InChI is InChI=1S/C16H13BrN2O4S2/c1-3-18-10-5-4-8(17)6-9(10)11(13(18)20)12-14(21)19(16(24)25-12)7(2)15(22)23/h4-7H,3H2,1-2H3,(H,22,23)/p-1/b12-11-/t7-/m1/s1. The van der Waals surface area contributed by atoms with Crippen LogP contribution >= 0.6 is 39.9 Å². The number of thioether (sulfide) groups is 1. The molecule has 2 heterocycles. The zero-order chi connectivity index (χ0) is 18.5. The summed E-state index contributed by atoms with van der Waals surface area (Å²) >= 11 is 9.48. The number of carbonyl (C=O) groups excluding carboxylic acids is 3. The van der Waals surface area contributed by atoms with Gasteiger partial charge in [-0.25, -0.2) is 0 Å². The van der Waals surface area contributed by atoms with Gasteiger partial charge in [0.05, 0.1) is 28.2 Å². The fourth-order valence-corrected chi connectivity index (χ4v) is 4.66. The van der Waals surface area contributed by atoms with Crippen LogP contribution in [0.3, 0.4) is 0 Å². The molecule has 3 rings (SSSR count). The quantitative estimate of drug-likeness (QED) is 0.524. The van der Waals surface area contributed by atoms with Gasteiger partial charge < -0.3 is 14.8 Å². The highest BCUT2D eigenvalue weighted by Gasteiger charge is 2.43. The number of thiocarbonyl (C=S) groups is 1. The molecular formula is C16H12BrN2O4S2-. The number of carboxylic acid groups (broad SMARTS) is 1. The summed E-state index contributed by atoms with van der Waals surface area (Å²) in [6.45, 7) is 3.62. The molecule has 0 unspecified atom stereocenters. The number of nitrogens with zero attached hydrogens (tertiary/aromatic N) is 2. The van der Waals surface area contributed by atoms with Crippen molar-refractivity contribution in [2.75, 3.05) is 11.4 Å². The molecule has 0 N–H and O–H groups in total. The molecule has 1 fully saturated rings. The first kappa shape index (κ1) is 18.1. The highest BCUT2D eigenvalue weighted by molar-refractivity contribution is 9.10. The summed E-state index contributed by atoms with van der Waals surface area (Å²) in [4.78, 5) is 39.5. The summed E-state index contributed by atoms with van der Waals surface area (Å²) in [5.74, 6) is -2.28. The molecule has 0 saturated carbocycles. The van der Waals surface area contributed by atoms with Gasteiger partial charge in [0.15, 0.2) is 0 Å². The second-order valence-electron chi connectivity index (χ2n) is 5.45. The maximum absolute atomic E-state index is 12.9. The van der Waals surface area contributed by atoms with Gasteiger partial charge >= 0.3 is 0 Å². The van der Waals surface area contributed by atoms with Crippen LogP contribution in [0.15, 0.2) is 27.6 Å². The molecule has 1 aromatic rings. The lowest BCUT2D eigenvalue weighted by molar-refractivity contribution is -0.309. The number of amides is 2. The number of rotatable bonds is 3. The fourth-order valence-electron chi connectivity index (χ4n) is 2.81. The summed E-state index contributed by atoms with van der Waals surface area (Å²) in [6.07, 6.45) is 0. The number of fused-ring (bicyclic) bond motifs is 1. The van der Waals surface area contributed by atoms with Gasteiger partial charge in [-0.05, 0) is 32.0 Å². The van der Waals surface area contributed by atoms with Crippen molar-refractivity contribution in [3.63, 3.8) is 0 Å². The fraction of sp³-hybridized carbons (Fsp3) is 0.250. The number of anilines is 1. The predicted octanol–water partition coefficient (Wildman–Crippen LogP) is 1.53. The van der Waals surface area contributed by atoms with Gasteiger partial charge in [-0.15, -0.1) is 0 Å². The maximum atomic E-state index is 12.9. The minimum atomic E-state index is -1.40. The molecule has 25 heavy (non-hydrogen) atoms. The molecule has 0 aromatic heterocycles. The number of likely N-dealkylation sites (N-methyl/N-ethyl adjacent to an activating group) is 1. The number of halogens is 1. The molecule has 1 atom stereocenters.